The average molecular weight is 298 g/mol. The lowest BCUT2D eigenvalue weighted by atomic mass is 10.1. The molecule has 3 rings (SSSR count). The number of aryl methyl sites for hydroxylation is 2. The first-order valence-corrected chi connectivity index (χ1v) is 6.91. The molecule has 0 fully saturated rings. The van der Waals surface area contributed by atoms with Gasteiger partial charge < -0.3 is 9.15 Å². The summed E-state index contributed by atoms with van der Waals surface area (Å²) in [6.07, 6.45) is 0. The Balaban J connectivity index is 1.72. The molecule has 0 amide bonds. The van der Waals surface area contributed by atoms with E-state index in [1.807, 2.05) is 32.0 Å². The van der Waals surface area contributed by atoms with Crippen LogP contribution in [0.1, 0.15) is 17.0 Å². The number of rotatable bonds is 4. The minimum Gasteiger partial charge on any atom is -0.484 e. The molecule has 0 aliphatic heterocycles. The predicted octanol–water partition coefficient (Wildman–Crippen LogP) is 4.07. The summed E-state index contributed by atoms with van der Waals surface area (Å²) in [6, 6.07) is 12.1. The Hall–Kier alpha value is -2.69. The van der Waals surface area contributed by atoms with E-state index in [1.54, 1.807) is 18.2 Å². The van der Waals surface area contributed by atoms with Gasteiger partial charge in [0, 0.05) is 0 Å². The van der Waals surface area contributed by atoms with Crippen LogP contribution < -0.4 is 4.74 Å². The maximum atomic E-state index is 13.7. The van der Waals surface area contributed by atoms with Crippen LogP contribution in [0.2, 0.25) is 0 Å². The molecule has 0 unspecified atom stereocenters. The minimum atomic E-state index is -0.396. The standard InChI is InChI=1S/C17H15FN2O2/c1-11-7-8-13(9-12(11)2)21-10-16-19-20-17(22-16)14-5-3-4-6-15(14)18/h3-9H,10H2,1-2H3. The van der Waals surface area contributed by atoms with Crippen molar-refractivity contribution in [2.45, 2.75) is 20.5 Å². The van der Waals surface area contributed by atoms with E-state index in [0.717, 1.165) is 11.3 Å². The van der Waals surface area contributed by atoms with Crippen LogP contribution in [0, 0.1) is 19.7 Å². The average Bonchev–Trinajstić information content (AvgIpc) is 2.98. The molecule has 2 aromatic carbocycles. The van der Waals surface area contributed by atoms with Gasteiger partial charge in [-0.15, -0.1) is 10.2 Å². The fourth-order valence-corrected chi connectivity index (χ4v) is 2.00. The molecule has 0 aliphatic rings. The Kier molecular flexibility index (Phi) is 3.87. The molecule has 0 aliphatic carbocycles. The van der Waals surface area contributed by atoms with Crippen LogP contribution >= 0.6 is 0 Å². The molecule has 0 bridgehead atoms. The number of hydrogen-bond acceptors (Lipinski definition) is 4. The van der Waals surface area contributed by atoms with Crippen molar-refractivity contribution >= 4 is 0 Å². The summed E-state index contributed by atoms with van der Waals surface area (Å²) >= 11 is 0. The Morgan fingerprint density at radius 1 is 1.05 bits per heavy atom. The van der Waals surface area contributed by atoms with Gasteiger partial charge in [0.1, 0.15) is 11.6 Å². The van der Waals surface area contributed by atoms with E-state index in [-0.39, 0.29) is 18.1 Å². The van der Waals surface area contributed by atoms with E-state index in [2.05, 4.69) is 10.2 Å². The second-order valence-electron chi connectivity index (χ2n) is 5.02. The van der Waals surface area contributed by atoms with E-state index >= 15 is 0 Å². The molecule has 0 radical (unpaired) electrons. The van der Waals surface area contributed by atoms with E-state index in [4.69, 9.17) is 9.15 Å². The molecule has 0 saturated carbocycles. The summed E-state index contributed by atoms with van der Waals surface area (Å²) in [5.74, 6) is 0.787. The summed E-state index contributed by atoms with van der Waals surface area (Å²) in [4.78, 5) is 0. The van der Waals surface area contributed by atoms with Gasteiger partial charge in [-0.05, 0) is 49.2 Å². The van der Waals surface area contributed by atoms with Crippen molar-refractivity contribution in [2.24, 2.45) is 0 Å². The summed E-state index contributed by atoms with van der Waals surface area (Å²) in [5, 5.41) is 7.73. The third-order valence-corrected chi connectivity index (χ3v) is 3.41. The van der Waals surface area contributed by atoms with E-state index in [1.165, 1.54) is 11.6 Å². The van der Waals surface area contributed by atoms with Crippen LogP contribution in [-0.4, -0.2) is 10.2 Å². The molecule has 4 nitrogen and oxygen atoms in total. The molecule has 22 heavy (non-hydrogen) atoms. The SMILES string of the molecule is Cc1ccc(OCc2nnc(-c3ccccc3F)o2)cc1C. The number of aromatic nitrogens is 2. The quantitative estimate of drug-likeness (QED) is 0.728. The predicted molar refractivity (Wildman–Crippen MR) is 79.9 cm³/mol. The van der Waals surface area contributed by atoms with Crippen LogP contribution in [0.15, 0.2) is 46.9 Å². The normalized spacial score (nSPS) is 10.7. The minimum absolute atomic E-state index is 0.143. The number of halogens is 1. The largest absolute Gasteiger partial charge is 0.484 e. The zero-order valence-electron chi connectivity index (χ0n) is 12.3. The Labute approximate surface area is 127 Å². The second kappa shape index (κ2) is 5.97. The lowest BCUT2D eigenvalue weighted by Crippen LogP contribution is -1.96. The smallest absolute Gasteiger partial charge is 0.254 e. The van der Waals surface area contributed by atoms with Gasteiger partial charge in [-0.2, -0.15) is 0 Å². The van der Waals surface area contributed by atoms with Gasteiger partial charge in [-0.25, -0.2) is 4.39 Å². The van der Waals surface area contributed by atoms with Gasteiger partial charge in [0.15, 0.2) is 6.61 Å². The van der Waals surface area contributed by atoms with E-state index in [9.17, 15) is 4.39 Å². The number of nitrogens with zero attached hydrogens (tertiary/aromatic N) is 2. The van der Waals surface area contributed by atoms with Gasteiger partial charge in [0.05, 0.1) is 5.56 Å². The maximum absolute atomic E-state index is 13.7. The van der Waals surface area contributed by atoms with Crippen LogP contribution in [-0.2, 0) is 6.61 Å². The second-order valence-corrected chi connectivity index (χ2v) is 5.02. The highest BCUT2D eigenvalue weighted by molar-refractivity contribution is 5.53. The van der Waals surface area contributed by atoms with E-state index in [0.29, 0.717) is 5.89 Å². The monoisotopic (exact) mass is 298 g/mol. The zero-order chi connectivity index (χ0) is 15.5. The van der Waals surface area contributed by atoms with Crippen molar-refractivity contribution in [3.63, 3.8) is 0 Å². The highest BCUT2D eigenvalue weighted by Crippen LogP contribution is 2.22. The van der Waals surface area contributed by atoms with Crippen LogP contribution in [0.25, 0.3) is 11.5 Å². The molecule has 1 aromatic heterocycles. The molecule has 0 spiro atoms. The molecule has 1 heterocycles. The Morgan fingerprint density at radius 2 is 1.86 bits per heavy atom. The van der Waals surface area contributed by atoms with Crippen molar-refractivity contribution in [3.8, 4) is 17.2 Å². The topological polar surface area (TPSA) is 48.2 Å². The van der Waals surface area contributed by atoms with Crippen molar-refractivity contribution in [1.82, 2.24) is 10.2 Å². The van der Waals surface area contributed by atoms with Crippen molar-refractivity contribution in [1.29, 1.82) is 0 Å². The molecule has 0 N–H and O–H groups in total. The van der Waals surface area contributed by atoms with Crippen molar-refractivity contribution in [3.05, 3.63) is 65.3 Å². The van der Waals surface area contributed by atoms with Gasteiger partial charge >= 0.3 is 0 Å². The summed E-state index contributed by atoms with van der Waals surface area (Å²) in [7, 11) is 0. The third-order valence-electron chi connectivity index (χ3n) is 3.41. The van der Waals surface area contributed by atoms with Gasteiger partial charge in [0.25, 0.3) is 11.8 Å². The Morgan fingerprint density at radius 3 is 2.64 bits per heavy atom. The van der Waals surface area contributed by atoms with Crippen LogP contribution in [0.5, 0.6) is 5.75 Å². The van der Waals surface area contributed by atoms with Crippen molar-refractivity contribution < 1.29 is 13.5 Å². The summed E-state index contributed by atoms with van der Waals surface area (Å²) in [6.45, 7) is 4.20. The first-order chi connectivity index (χ1) is 10.6. The lowest BCUT2D eigenvalue weighted by Gasteiger charge is -2.05. The van der Waals surface area contributed by atoms with Crippen molar-refractivity contribution in [2.75, 3.05) is 0 Å². The first-order valence-electron chi connectivity index (χ1n) is 6.91. The molecular weight excluding hydrogens is 283 g/mol. The molecule has 0 atom stereocenters. The molecule has 5 heteroatoms. The highest BCUT2D eigenvalue weighted by Gasteiger charge is 2.12. The van der Waals surface area contributed by atoms with Crippen LogP contribution in [0.4, 0.5) is 4.39 Å². The Bertz CT molecular complexity index is 799. The summed E-state index contributed by atoms with van der Waals surface area (Å²) < 4.78 is 24.7. The van der Waals surface area contributed by atoms with Gasteiger partial charge in [-0.1, -0.05) is 18.2 Å². The van der Waals surface area contributed by atoms with Crippen LogP contribution in [0.3, 0.4) is 0 Å². The third kappa shape index (κ3) is 2.98. The highest BCUT2D eigenvalue weighted by atomic mass is 19.1. The number of benzene rings is 2. The lowest BCUT2D eigenvalue weighted by molar-refractivity contribution is 0.264. The number of hydrogen-bond donors (Lipinski definition) is 0. The van der Waals surface area contributed by atoms with E-state index < -0.39 is 5.82 Å². The maximum Gasteiger partial charge on any atom is 0.254 e. The van der Waals surface area contributed by atoms with Gasteiger partial charge in [0.2, 0.25) is 0 Å². The molecule has 3 aromatic rings. The molecule has 0 saturated heterocycles. The summed E-state index contributed by atoms with van der Waals surface area (Å²) in [5.41, 5.74) is 2.63. The fourth-order valence-electron chi connectivity index (χ4n) is 2.00. The number of ether oxygens (including phenoxy) is 1. The zero-order valence-corrected chi connectivity index (χ0v) is 12.3. The van der Waals surface area contributed by atoms with Gasteiger partial charge in [-0.3, -0.25) is 0 Å². The first kappa shape index (κ1) is 14.3. The molecule has 112 valence electrons. The molecular formula is C17H15FN2O2. The fraction of sp³-hybridized carbons (Fsp3) is 0.176.